The van der Waals surface area contributed by atoms with Crippen LogP contribution in [0.2, 0.25) is 0 Å². The van der Waals surface area contributed by atoms with Gasteiger partial charge < -0.3 is 17.3 Å². The number of hydrogen-bond acceptors (Lipinski definition) is 1. The minimum atomic E-state index is -6.00. The van der Waals surface area contributed by atoms with Crippen molar-refractivity contribution in [1.29, 1.82) is 0 Å². The zero-order valence-corrected chi connectivity index (χ0v) is 9.34. The molecule has 0 radical (unpaired) electrons. The molecular weight excluding hydrogens is 223 g/mol. The molecule has 0 saturated carbocycles. The van der Waals surface area contributed by atoms with Gasteiger partial charge in [-0.05, 0) is 6.42 Å². The largest absolute Gasteiger partial charge is 0.673 e. The molecular formula is C9H15BF4N2. The number of halogens is 4. The van der Waals surface area contributed by atoms with E-state index in [-0.39, 0.29) is 0 Å². The van der Waals surface area contributed by atoms with Crippen molar-refractivity contribution in [1.82, 2.24) is 4.98 Å². The fourth-order valence-electron chi connectivity index (χ4n) is 1.04. The van der Waals surface area contributed by atoms with Crippen molar-refractivity contribution in [2.24, 2.45) is 0 Å². The molecule has 0 atom stereocenters. The minimum Gasteiger partial charge on any atom is -0.418 e. The molecule has 2 nitrogen and oxygen atoms in total. The van der Waals surface area contributed by atoms with Gasteiger partial charge in [0, 0.05) is 13.0 Å². The highest BCUT2D eigenvalue weighted by molar-refractivity contribution is 6.50. The summed E-state index contributed by atoms with van der Waals surface area (Å²) < 4.78 is 41.2. The number of hydrogen-bond donors (Lipinski definition) is 0. The van der Waals surface area contributed by atoms with Crippen molar-refractivity contribution >= 4 is 7.25 Å². The normalized spacial score (nSPS) is 10.6. The van der Waals surface area contributed by atoms with Crippen LogP contribution in [0.25, 0.3) is 0 Å². The molecule has 0 aliphatic rings. The standard InChI is InChI=1S/C9H15N2.BF4/c1-3-4-7-11-8-5-6-10-9(11)2;2-1(3,4)5/h5-6,8H,3-4,7H2,1-2H3;/q+1;-1. The molecule has 1 aromatic heterocycles. The van der Waals surface area contributed by atoms with Crippen LogP contribution in [-0.2, 0) is 6.54 Å². The molecule has 0 N–H and O–H groups in total. The molecule has 1 rings (SSSR count). The van der Waals surface area contributed by atoms with Crippen LogP contribution < -0.4 is 4.57 Å². The zero-order valence-electron chi connectivity index (χ0n) is 9.34. The monoisotopic (exact) mass is 238 g/mol. The second-order valence-electron chi connectivity index (χ2n) is 3.21. The summed E-state index contributed by atoms with van der Waals surface area (Å²) in [6.07, 6.45) is 6.38. The first-order valence-corrected chi connectivity index (χ1v) is 5.03. The molecule has 0 aliphatic heterocycles. The highest BCUT2D eigenvalue weighted by atomic mass is 19.5. The van der Waals surface area contributed by atoms with E-state index in [2.05, 4.69) is 22.7 Å². The van der Waals surface area contributed by atoms with Gasteiger partial charge in [-0.1, -0.05) is 18.3 Å². The number of aromatic nitrogens is 2. The predicted molar refractivity (Wildman–Crippen MR) is 54.3 cm³/mol. The van der Waals surface area contributed by atoms with Crippen molar-refractivity contribution in [2.45, 2.75) is 33.2 Å². The number of rotatable bonds is 3. The molecule has 1 heterocycles. The molecule has 0 unspecified atom stereocenters. The van der Waals surface area contributed by atoms with Crippen LogP contribution >= 0.6 is 0 Å². The van der Waals surface area contributed by atoms with Gasteiger partial charge in [0.1, 0.15) is 6.20 Å². The SMILES string of the molecule is CCCC[n+]1cccnc1C.F[B-](F)(F)F. The van der Waals surface area contributed by atoms with Crippen molar-refractivity contribution in [2.75, 3.05) is 0 Å². The summed E-state index contributed by atoms with van der Waals surface area (Å²) in [5, 5.41) is 0. The second-order valence-corrected chi connectivity index (χ2v) is 3.21. The third-order valence-electron chi connectivity index (χ3n) is 1.78. The van der Waals surface area contributed by atoms with E-state index in [0.29, 0.717) is 0 Å². The van der Waals surface area contributed by atoms with Gasteiger partial charge in [0.25, 0.3) is 5.82 Å². The molecule has 0 bridgehead atoms. The molecule has 0 spiro atoms. The van der Waals surface area contributed by atoms with Gasteiger partial charge >= 0.3 is 7.25 Å². The lowest BCUT2D eigenvalue weighted by molar-refractivity contribution is -0.706. The van der Waals surface area contributed by atoms with E-state index >= 15 is 0 Å². The first-order chi connectivity index (χ1) is 7.34. The van der Waals surface area contributed by atoms with Crippen LogP contribution in [0.5, 0.6) is 0 Å². The molecule has 0 aromatic carbocycles. The van der Waals surface area contributed by atoms with Crippen LogP contribution in [-0.4, -0.2) is 12.2 Å². The summed E-state index contributed by atoms with van der Waals surface area (Å²) in [5.74, 6) is 1.10. The summed E-state index contributed by atoms with van der Waals surface area (Å²) in [6.45, 7) is 5.33. The summed E-state index contributed by atoms with van der Waals surface area (Å²) in [6, 6.07) is 1.97. The maximum absolute atomic E-state index is 9.75. The molecule has 0 aliphatic carbocycles. The van der Waals surface area contributed by atoms with Crippen LogP contribution in [0.4, 0.5) is 17.3 Å². The van der Waals surface area contributed by atoms with Crippen LogP contribution in [0.15, 0.2) is 18.5 Å². The molecule has 16 heavy (non-hydrogen) atoms. The van der Waals surface area contributed by atoms with E-state index in [1.165, 1.54) is 12.8 Å². The van der Waals surface area contributed by atoms with Crippen molar-refractivity contribution < 1.29 is 21.8 Å². The maximum Gasteiger partial charge on any atom is 0.673 e. The summed E-state index contributed by atoms with van der Waals surface area (Å²) in [7, 11) is -6.00. The third kappa shape index (κ3) is 9.42. The van der Waals surface area contributed by atoms with E-state index in [1.807, 2.05) is 19.2 Å². The van der Waals surface area contributed by atoms with Gasteiger partial charge in [0.05, 0.1) is 12.7 Å². The average molecular weight is 238 g/mol. The predicted octanol–water partition coefficient (Wildman–Crippen LogP) is 2.78. The lowest BCUT2D eigenvalue weighted by atomic mass is 10.3. The Morgan fingerprint density at radius 1 is 1.31 bits per heavy atom. The van der Waals surface area contributed by atoms with Gasteiger partial charge in [-0.3, -0.25) is 0 Å². The molecule has 7 heteroatoms. The zero-order chi connectivity index (χ0) is 12.6. The molecule has 1 aromatic rings. The van der Waals surface area contributed by atoms with Crippen LogP contribution in [0, 0.1) is 6.92 Å². The van der Waals surface area contributed by atoms with Gasteiger partial charge in [0.2, 0.25) is 0 Å². The van der Waals surface area contributed by atoms with Crippen molar-refractivity contribution in [3.63, 3.8) is 0 Å². The van der Waals surface area contributed by atoms with Crippen molar-refractivity contribution in [3.8, 4) is 0 Å². The number of aryl methyl sites for hydroxylation is 2. The third-order valence-corrected chi connectivity index (χ3v) is 1.78. The lowest BCUT2D eigenvalue weighted by Crippen LogP contribution is -2.37. The molecule has 0 saturated heterocycles. The Morgan fingerprint density at radius 2 is 1.88 bits per heavy atom. The highest BCUT2D eigenvalue weighted by Crippen LogP contribution is 2.06. The molecule has 0 fully saturated rings. The molecule has 92 valence electrons. The quantitative estimate of drug-likeness (QED) is 0.449. The minimum absolute atomic E-state index is 1.09. The van der Waals surface area contributed by atoms with Gasteiger partial charge in [-0.2, -0.15) is 0 Å². The van der Waals surface area contributed by atoms with E-state index in [0.717, 1.165) is 12.4 Å². The van der Waals surface area contributed by atoms with E-state index < -0.39 is 7.25 Å². The van der Waals surface area contributed by atoms with Gasteiger partial charge in [0.15, 0.2) is 0 Å². The second kappa shape index (κ2) is 7.19. The highest BCUT2D eigenvalue weighted by Gasteiger charge is 2.20. The number of nitrogens with zero attached hydrogens (tertiary/aromatic N) is 2. The topological polar surface area (TPSA) is 16.8 Å². The maximum atomic E-state index is 9.75. The van der Waals surface area contributed by atoms with Gasteiger partial charge in [-0.15, -0.1) is 0 Å². The van der Waals surface area contributed by atoms with Crippen molar-refractivity contribution in [3.05, 3.63) is 24.3 Å². The van der Waals surface area contributed by atoms with Crippen LogP contribution in [0.3, 0.4) is 0 Å². The smallest absolute Gasteiger partial charge is 0.418 e. The lowest BCUT2D eigenvalue weighted by Gasteiger charge is -1.97. The number of unbranched alkanes of at least 4 members (excludes halogenated alkanes) is 1. The first-order valence-electron chi connectivity index (χ1n) is 5.03. The summed E-state index contributed by atoms with van der Waals surface area (Å²) in [4.78, 5) is 4.19. The Kier molecular flexibility index (Phi) is 6.68. The van der Waals surface area contributed by atoms with Crippen LogP contribution in [0.1, 0.15) is 25.6 Å². The van der Waals surface area contributed by atoms with E-state index in [4.69, 9.17) is 0 Å². The van der Waals surface area contributed by atoms with Gasteiger partial charge in [-0.25, -0.2) is 4.57 Å². The first kappa shape index (κ1) is 14.9. The summed E-state index contributed by atoms with van der Waals surface area (Å²) >= 11 is 0. The van der Waals surface area contributed by atoms with E-state index in [1.54, 1.807) is 0 Å². The Hall–Kier alpha value is -1.14. The average Bonchev–Trinajstić information content (AvgIpc) is 2.14. The Balaban J connectivity index is 0.000000385. The molecule has 0 amide bonds. The summed E-state index contributed by atoms with van der Waals surface area (Å²) in [5.41, 5.74) is 0. The Labute approximate surface area is 92.4 Å². The Morgan fingerprint density at radius 3 is 2.31 bits per heavy atom. The fourth-order valence-corrected chi connectivity index (χ4v) is 1.04. The van der Waals surface area contributed by atoms with E-state index in [9.17, 15) is 17.3 Å². The Bertz CT molecular complexity index is 298. The fraction of sp³-hybridized carbons (Fsp3) is 0.556.